The summed E-state index contributed by atoms with van der Waals surface area (Å²) in [4.78, 5) is 48.1. The molecule has 0 bridgehead atoms. The number of carboxylic acid groups (broad SMARTS) is 1. The molecule has 1 N–H and O–H groups in total. The monoisotopic (exact) mass is 391 g/mol. The van der Waals surface area contributed by atoms with Gasteiger partial charge in [0.25, 0.3) is 17.7 Å². The van der Waals surface area contributed by atoms with Crippen LogP contribution in [0.2, 0.25) is 10.0 Å². The second kappa shape index (κ2) is 6.78. The fourth-order valence-electron chi connectivity index (χ4n) is 2.48. The number of nitrogens with zero attached hydrogens (tertiary/aromatic N) is 1. The van der Waals surface area contributed by atoms with Gasteiger partial charge in [0, 0.05) is 5.56 Å². The van der Waals surface area contributed by atoms with Crippen molar-refractivity contribution in [2.75, 3.05) is 11.4 Å². The Kier molecular flexibility index (Phi) is 4.67. The van der Waals surface area contributed by atoms with E-state index in [4.69, 9.17) is 23.2 Å². The second-order valence-electron chi connectivity index (χ2n) is 5.36. The van der Waals surface area contributed by atoms with E-state index in [-0.39, 0.29) is 32.4 Å². The summed E-state index contributed by atoms with van der Waals surface area (Å²) in [5.74, 6) is -3.16. The third kappa shape index (κ3) is 3.14. The number of aliphatic carboxylic acids is 1. The molecular weight excluding hydrogens is 383 g/mol. The lowest BCUT2D eigenvalue weighted by Crippen LogP contribution is -2.37. The Hall–Kier alpha value is -2.90. The van der Waals surface area contributed by atoms with Gasteiger partial charge in [-0.2, -0.15) is 0 Å². The zero-order valence-electron chi connectivity index (χ0n) is 12.9. The Morgan fingerprint density at radius 2 is 1.46 bits per heavy atom. The van der Waals surface area contributed by atoms with E-state index in [9.17, 15) is 24.3 Å². The Bertz CT molecular complexity index is 915. The predicted octanol–water partition coefficient (Wildman–Crippen LogP) is 1.27. The molecule has 26 heavy (non-hydrogen) atoms. The van der Waals surface area contributed by atoms with Crippen LogP contribution in [0, 0.1) is 0 Å². The SMILES string of the molecule is O=C([O-])CNC(=O)c1ccc(N2C(=O)c3cc(Cl)c(Cl)cc3C2=O)cc1. The fourth-order valence-corrected chi connectivity index (χ4v) is 2.81. The zero-order valence-corrected chi connectivity index (χ0v) is 14.4. The maximum atomic E-state index is 12.5. The molecule has 3 amide bonds. The predicted molar refractivity (Wildman–Crippen MR) is 91.4 cm³/mol. The van der Waals surface area contributed by atoms with Gasteiger partial charge in [-0.05, 0) is 36.4 Å². The number of nitrogens with one attached hydrogen (secondary N) is 1. The van der Waals surface area contributed by atoms with Gasteiger partial charge in [0.05, 0.1) is 39.4 Å². The van der Waals surface area contributed by atoms with Crippen LogP contribution in [0.1, 0.15) is 31.1 Å². The van der Waals surface area contributed by atoms with Gasteiger partial charge in [0.15, 0.2) is 0 Å². The highest BCUT2D eigenvalue weighted by Gasteiger charge is 2.37. The van der Waals surface area contributed by atoms with Crippen LogP contribution in [0.3, 0.4) is 0 Å². The molecule has 0 fully saturated rings. The van der Waals surface area contributed by atoms with Gasteiger partial charge in [-0.25, -0.2) is 4.90 Å². The first kappa shape index (κ1) is 17.9. The fraction of sp³-hybridized carbons (Fsp3) is 0.0588. The highest BCUT2D eigenvalue weighted by molar-refractivity contribution is 6.44. The van der Waals surface area contributed by atoms with Gasteiger partial charge >= 0.3 is 0 Å². The minimum atomic E-state index is -1.42. The maximum absolute atomic E-state index is 12.5. The lowest BCUT2D eigenvalue weighted by Gasteiger charge is -2.14. The summed E-state index contributed by atoms with van der Waals surface area (Å²) in [6.45, 7) is -0.624. The van der Waals surface area contributed by atoms with E-state index < -0.39 is 30.2 Å². The summed E-state index contributed by atoms with van der Waals surface area (Å²) in [7, 11) is 0. The van der Waals surface area contributed by atoms with Gasteiger partial charge in [-0.3, -0.25) is 14.4 Å². The first-order valence-corrected chi connectivity index (χ1v) is 8.01. The number of carbonyl (C=O) groups is 4. The van der Waals surface area contributed by atoms with E-state index >= 15 is 0 Å². The molecule has 1 heterocycles. The molecule has 2 aromatic carbocycles. The van der Waals surface area contributed by atoms with Crippen molar-refractivity contribution in [2.45, 2.75) is 0 Å². The minimum absolute atomic E-state index is 0.139. The van der Waals surface area contributed by atoms with Gasteiger partial charge in [0.1, 0.15) is 0 Å². The van der Waals surface area contributed by atoms with Crippen molar-refractivity contribution in [3.05, 3.63) is 63.1 Å². The first-order valence-electron chi connectivity index (χ1n) is 7.25. The second-order valence-corrected chi connectivity index (χ2v) is 6.17. The number of fused-ring (bicyclic) bond motifs is 1. The molecule has 0 radical (unpaired) electrons. The summed E-state index contributed by atoms with van der Waals surface area (Å²) < 4.78 is 0. The number of amides is 3. The largest absolute Gasteiger partial charge is 0.548 e. The number of halogens is 2. The molecule has 132 valence electrons. The smallest absolute Gasteiger partial charge is 0.266 e. The van der Waals surface area contributed by atoms with E-state index in [0.29, 0.717) is 0 Å². The molecule has 0 aromatic heterocycles. The Morgan fingerprint density at radius 1 is 0.962 bits per heavy atom. The van der Waals surface area contributed by atoms with Gasteiger partial charge in [-0.15, -0.1) is 0 Å². The van der Waals surface area contributed by atoms with Crippen LogP contribution >= 0.6 is 23.2 Å². The van der Waals surface area contributed by atoms with Gasteiger partial charge < -0.3 is 15.2 Å². The molecule has 0 saturated heterocycles. The number of carbonyl (C=O) groups excluding carboxylic acids is 4. The van der Waals surface area contributed by atoms with Crippen molar-refractivity contribution in [3.8, 4) is 0 Å². The third-order valence-electron chi connectivity index (χ3n) is 3.71. The van der Waals surface area contributed by atoms with Gasteiger partial charge in [0.2, 0.25) is 0 Å². The molecule has 9 heteroatoms. The van der Waals surface area contributed by atoms with E-state index in [2.05, 4.69) is 5.32 Å². The molecule has 2 aromatic rings. The summed E-state index contributed by atoms with van der Waals surface area (Å²) >= 11 is 11.8. The topological polar surface area (TPSA) is 107 Å². The lowest BCUT2D eigenvalue weighted by atomic mass is 10.1. The molecule has 0 saturated carbocycles. The molecular formula is C17H9Cl2N2O5-. The molecule has 0 spiro atoms. The van der Waals surface area contributed by atoms with Crippen LogP contribution in [0.5, 0.6) is 0 Å². The molecule has 1 aliphatic rings. The van der Waals surface area contributed by atoms with Gasteiger partial charge in [-0.1, -0.05) is 23.2 Å². The molecule has 1 aliphatic heterocycles. The number of carboxylic acids is 1. The highest BCUT2D eigenvalue weighted by Crippen LogP contribution is 2.33. The maximum Gasteiger partial charge on any atom is 0.266 e. The van der Waals surface area contributed by atoms with Crippen LogP contribution in [0.4, 0.5) is 5.69 Å². The lowest BCUT2D eigenvalue weighted by molar-refractivity contribution is -0.303. The van der Waals surface area contributed by atoms with Crippen molar-refractivity contribution >= 4 is 52.6 Å². The van der Waals surface area contributed by atoms with E-state index in [1.807, 2.05) is 0 Å². The number of benzene rings is 2. The average Bonchev–Trinajstić information content (AvgIpc) is 2.84. The van der Waals surface area contributed by atoms with Crippen LogP contribution in [0.25, 0.3) is 0 Å². The number of imide groups is 1. The Morgan fingerprint density at radius 3 is 1.92 bits per heavy atom. The van der Waals surface area contributed by atoms with Crippen LogP contribution < -0.4 is 15.3 Å². The zero-order chi connectivity index (χ0) is 19.0. The standard InChI is InChI=1S/C17H10Cl2N2O5/c18-12-5-10-11(6-13(12)19)17(26)21(16(10)25)9-3-1-8(2-4-9)15(24)20-7-14(22)23/h1-6H,7H2,(H,20,24)(H,22,23)/p-1. The minimum Gasteiger partial charge on any atom is -0.548 e. The summed E-state index contributed by atoms with van der Waals surface area (Å²) in [6.07, 6.45) is 0. The van der Waals surface area contributed by atoms with E-state index in [1.54, 1.807) is 0 Å². The molecule has 7 nitrogen and oxygen atoms in total. The molecule has 0 aliphatic carbocycles. The summed E-state index contributed by atoms with van der Waals surface area (Å²) in [5.41, 5.74) is 0.693. The molecule has 0 unspecified atom stereocenters. The van der Waals surface area contributed by atoms with Crippen molar-refractivity contribution in [2.24, 2.45) is 0 Å². The Labute approximate surface area is 157 Å². The van der Waals surface area contributed by atoms with E-state index in [0.717, 1.165) is 4.90 Å². The molecule has 0 atom stereocenters. The van der Waals surface area contributed by atoms with E-state index in [1.165, 1.54) is 36.4 Å². The van der Waals surface area contributed by atoms with Crippen LogP contribution in [-0.2, 0) is 4.79 Å². The average molecular weight is 392 g/mol. The van der Waals surface area contributed by atoms with Crippen molar-refractivity contribution < 1.29 is 24.3 Å². The number of rotatable bonds is 4. The Balaban J connectivity index is 1.86. The van der Waals surface area contributed by atoms with Crippen molar-refractivity contribution in [1.29, 1.82) is 0 Å². The molecule has 3 rings (SSSR count). The quantitative estimate of drug-likeness (QED) is 0.789. The first-order chi connectivity index (χ1) is 12.3. The van der Waals surface area contributed by atoms with Crippen LogP contribution in [-0.4, -0.2) is 30.2 Å². The van der Waals surface area contributed by atoms with Crippen molar-refractivity contribution in [1.82, 2.24) is 5.32 Å². The summed E-state index contributed by atoms with van der Waals surface area (Å²) in [6, 6.07) is 8.20. The number of hydrogen-bond acceptors (Lipinski definition) is 5. The summed E-state index contributed by atoms with van der Waals surface area (Å²) in [5, 5.41) is 12.8. The van der Waals surface area contributed by atoms with Crippen LogP contribution in [0.15, 0.2) is 36.4 Å². The van der Waals surface area contributed by atoms with Crippen molar-refractivity contribution in [3.63, 3.8) is 0 Å². The normalized spacial score (nSPS) is 12.9. The third-order valence-corrected chi connectivity index (χ3v) is 4.43. The highest BCUT2D eigenvalue weighted by atomic mass is 35.5. The number of anilines is 1. The number of hydrogen-bond donors (Lipinski definition) is 1.